The van der Waals surface area contributed by atoms with E-state index in [1.165, 1.54) is 35.7 Å². The molecule has 0 unspecified atom stereocenters. The minimum absolute atomic E-state index is 0.102. The van der Waals surface area contributed by atoms with E-state index in [1.54, 1.807) is 23.2 Å². The van der Waals surface area contributed by atoms with Crippen LogP contribution in [0.3, 0.4) is 0 Å². The SMILES string of the molecule is COc1cnc(-c2ncc(CNC(=O)CCOCCI)s2)c2[nH]cc(C(=O)C(=O)N3CCN(C(=O)c4ccccc4)CC3)c12. The number of rotatable bonds is 12. The Balaban J connectivity index is 1.27. The normalized spacial score (nSPS) is 13.2. The molecule has 4 heterocycles. The second kappa shape index (κ2) is 14.7. The van der Waals surface area contributed by atoms with Gasteiger partial charge >= 0.3 is 0 Å². The Kier molecular flexibility index (Phi) is 10.6. The van der Waals surface area contributed by atoms with Crippen LogP contribution in [0.2, 0.25) is 0 Å². The molecule has 0 atom stereocenters. The van der Waals surface area contributed by atoms with E-state index >= 15 is 0 Å². The number of benzene rings is 1. The lowest BCUT2D eigenvalue weighted by molar-refractivity contribution is -0.127. The number of hydrogen-bond acceptors (Lipinski definition) is 9. The van der Waals surface area contributed by atoms with Crippen molar-refractivity contribution in [2.75, 3.05) is 50.9 Å². The Hall–Kier alpha value is -3.89. The quantitative estimate of drug-likeness (QED) is 0.0743. The Morgan fingerprint density at radius 1 is 1.02 bits per heavy atom. The smallest absolute Gasteiger partial charge is 0.295 e. The average Bonchev–Trinajstić information content (AvgIpc) is 3.73. The largest absolute Gasteiger partial charge is 0.494 e. The first-order valence-corrected chi connectivity index (χ1v) is 16.3. The maximum atomic E-state index is 13.5. The van der Waals surface area contributed by atoms with Gasteiger partial charge in [-0.2, -0.15) is 0 Å². The fraction of sp³-hybridized carbons (Fsp3) is 0.333. The average molecular weight is 731 g/mol. The van der Waals surface area contributed by atoms with Crippen molar-refractivity contribution in [2.24, 2.45) is 0 Å². The number of H-pyrrole nitrogens is 1. The molecule has 3 aromatic heterocycles. The molecule has 0 saturated carbocycles. The van der Waals surface area contributed by atoms with Gasteiger partial charge < -0.3 is 29.6 Å². The van der Waals surface area contributed by atoms with Crippen LogP contribution in [0.25, 0.3) is 21.6 Å². The molecule has 0 spiro atoms. The zero-order valence-corrected chi connectivity index (χ0v) is 27.0. The number of Topliss-reactive ketones (excluding diaryl/α,β-unsaturated/α-hetero) is 1. The molecule has 0 aliphatic carbocycles. The van der Waals surface area contributed by atoms with E-state index in [-0.39, 0.29) is 36.9 Å². The Morgan fingerprint density at radius 2 is 1.77 bits per heavy atom. The summed E-state index contributed by atoms with van der Waals surface area (Å²) in [5.74, 6) is -1.20. The molecular weight excluding hydrogens is 699 g/mol. The summed E-state index contributed by atoms with van der Waals surface area (Å²) in [5, 5.41) is 3.89. The van der Waals surface area contributed by atoms with Crippen LogP contribution in [0.4, 0.5) is 0 Å². The van der Waals surface area contributed by atoms with Crippen molar-refractivity contribution < 1.29 is 28.7 Å². The third kappa shape index (κ3) is 7.08. The number of methoxy groups -OCH3 is 1. The number of carbonyl (C=O) groups excluding carboxylic acids is 4. The maximum absolute atomic E-state index is 13.5. The van der Waals surface area contributed by atoms with Crippen LogP contribution in [0, 0.1) is 0 Å². The van der Waals surface area contributed by atoms with Gasteiger partial charge in [0, 0.05) is 59.9 Å². The molecule has 12 nitrogen and oxygen atoms in total. The van der Waals surface area contributed by atoms with Gasteiger partial charge in [0.05, 0.1) is 49.5 Å². The zero-order chi connectivity index (χ0) is 31.1. The summed E-state index contributed by atoms with van der Waals surface area (Å²) < 4.78 is 11.7. The summed E-state index contributed by atoms with van der Waals surface area (Å²) in [4.78, 5) is 67.8. The molecule has 1 saturated heterocycles. The molecule has 0 radical (unpaired) electrons. The van der Waals surface area contributed by atoms with E-state index in [9.17, 15) is 19.2 Å². The Labute approximate surface area is 271 Å². The highest BCUT2D eigenvalue weighted by molar-refractivity contribution is 14.1. The number of thiazole rings is 1. The molecule has 1 fully saturated rings. The zero-order valence-electron chi connectivity index (χ0n) is 24.0. The first-order chi connectivity index (χ1) is 21.4. The highest BCUT2D eigenvalue weighted by Gasteiger charge is 2.31. The number of aromatic nitrogens is 3. The number of ketones is 1. The second-order valence-corrected chi connectivity index (χ2v) is 12.1. The highest BCUT2D eigenvalue weighted by atomic mass is 127. The lowest BCUT2D eigenvalue weighted by Crippen LogP contribution is -2.52. The van der Waals surface area contributed by atoms with E-state index in [4.69, 9.17) is 9.47 Å². The van der Waals surface area contributed by atoms with Crippen LogP contribution in [0.1, 0.15) is 32.0 Å². The second-order valence-electron chi connectivity index (χ2n) is 9.87. The fourth-order valence-electron chi connectivity index (χ4n) is 4.84. The number of aromatic amines is 1. The van der Waals surface area contributed by atoms with Gasteiger partial charge in [0.15, 0.2) is 0 Å². The van der Waals surface area contributed by atoms with Crippen LogP contribution < -0.4 is 10.1 Å². The summed E-state index contributed by atoms with van der Waals surface area (Å²) in [6, 6.07) is 8.98. The van der Waals surface area contributed by atoms with Crippen molar-refractivity contribution in [2.45, 2.75) is 13.0 Å². The van der Waals surface area contributed by atoms with Crippen LogP contribution in [0.15, 0.2) is 48.9 Å². The Morgan fingerprint density at radius 3 is 2.50 bits per heavy atom. The molecule has 44 heavy (non-hydrogen) atoms. The van der Waals surface area contributed by atoms with Crippen LogP contribution >= 0.6 is 33.9 Å². The third-order valence-electron chi connectivity index (χ3n) is 7.12. The van der Waals surface area contributed by atoms with Gasteiger partial charge in [0.2, 0.25) is 5.91 Å². The highest BCUT2D eigenvalue weighted by Crippen LogP contribution is 2.36. The van der Waals surface area contributed by atoms with Crippen molar-refractivity contribution >= 4 is 68.3 Å². The number of nitrogens with zero attached hydrogens (tertiary/aromatic N) is 4. The minimum Gasteiger partial charge on any atom is -0.494 e. The van der Waals surface area contributed by atoms with Gasteiger partial charge in [0.25, 0.3) is 17.6 Å². The molecule has 2 N–H and O–H groups in total. The fourth-order valence-corrected chi connectivity index (χ4v) is 6.01. The monoisotopic (exact) mass is 730 g/mol. The number of halogens is 1. The summed E-state index contributed by atoms with van der Waals surface area (Å²) >= 11 is 3.58. The first kappa shape index (κ1) is 31.5. The van der Waals surface area contributed by atoms with Crippen molar-refractivity contribution in [3.05, 3.63) is 64.9 Å². The number of ether oxygens (including phenoxy) is 2. The Bertz CT molecular complexity index is 1650. The van der Waals surface area contributed by atoms with Gasteiger partial charge in [-0.1, -0.05) is 40.8 Å². The summed E-state index contributed by atoms with van der Waals surface area (Å²) in [7, 11) is 1.47. The molecule has 5 rings (SSSR count). The number of hydrogen-bond donors (Lipinski definition) is 2. The molecule has 1 aliphatic heterocycles. The van der Waals surface area contributed by atoms with Crippen LogP contribution in [-0.4, -0.2) is 99.2 Å². The molecule has 1 aliphatic rings. The number of alkyl halides is 1. The minimum atomic E-state index is -0.681. The van der Waals surface area contributed by atoms with Gasteiger partial charge in [-0.05, 0) is 12.1 Å². The standard InChI is InChI=1S/C30H31IN6O6S/c1-42-22-18-34-26(28-35-16-20(44-28)15-32-23(38)7-13-43-14-8-31)25-24(22)21(17-33-25)27(39)30(41)37-11-9-36(10-12-37)29(40)19-5-3-2-4-6-19/h2-6,16-18,33H,7-15H2,1H3,(H,32,38). The number of fused-ring (bicyclic) bond motifs is 1. The molecule has 14 heteroatoms. The molecule has 1 aromatic carbocycles. The number of pyridine rings is 1. The van der Waals surface area contributed by atoms with Gasteiger partial charge in [0.1, 0.15) is 16.5 Å². The number of piperazine rings is 1. The molecule has 3 amide bonds. The van der Waals surface area contributed by atoms with E-state index in [1.807, 2.05) is 18.2 Å². The first-order valence-electron chi connectivity index (χ1n) is 14.0. The molecule has 4 aromatic rings. The van der Waals surface area contributed by atoms with Crippen LogP contribution in [0.5, 0.6) is 5.75 Å². The number of amides is 3. The van der Waals surface area contributed by atoms with Crippen molar-refractivity contribution in [3.8, 4) is 16.5 Å². The summed E-state index contributed by atoms with van der Waals surface area (Å²) in [5.41, 5.74) is 1.76. The number of carbonyl (C=O) groups is 4. The lowest BCUT2D eigenvalue weighted by atomic mass is 10.1. The topological polar surface area (TPSA) is 147 Å². The van der Waals surface area contributed by atoms with E-state index in [2.05, 4.69) is 42.9 Å². The predicted octanol–water partition coefficient (Wildman–Crippen LogP) is 3.32. The summed E-state index contributed by atoms with van der Waals surface area (Å²) in [6.45, 7) is 2.46. The lowest BCUT2D eigenvalue weighted by Gasteiger charge is -2.34. The van der Waals surface area contributed by atoms with Crippen LogP contribution in [-0.2, 0) is 20.9 Å². The molecular formula is C30H31IN6O6S. The maximum Gasteiger partial charge on any atom is 0.295 e. The molecule has 0 bridgehead atoms. The third-order valence-corrected chi connectivity index (χ3v) is 8.56. The predicted molar refractivity (Wildman–Crippen MR) is 173 cm³/mol. The van der Waals surface area contributed by atoms with E-state index in [0.717, 1.165) is 9.30 Å². The van der Waals surface area contributed by atoms with Crippen molar-refractivity contribution in [1.29, 1.82) is 0 Å². The van der Waals surface area contributed by atoms with Crippen molar-refractivity contribution in [3.63, 3.8) is 0 Å². The summed E-state index contributed by atoms with van der Waals surface area (Å²) in [6.07, 6.45) is 4.94. The van der Waals surface area contributed by atoms with E-state index < -0.39 is 11.7 Å². The van der Waals surface area contributed by atoms with Gasteiger partial charge in [-0.25, -0.2) is 9.97 Å². The van der Waals surface area contributed by atoms with Gasteiger partial charge in [-0.15, -0.1) is 11.3 Å². The van der Waals surface area contributed by atoms with Gasteiger partial charge in [-0.3, -0.25) is 19.2 Å². The molecule has 230 valence electrons. The number of nitrogens with one attached hydrogen (secondary N) is 2. The van der Waals surface area contributed by atoms with Crippen molar-refractivity contribution in [1.82, 2.24) is 30.1 Å². The van der Waals surface area contributed by atoms with E-state index in [0.29, 0.717) is 65.8 Å².